The Balaban J connectivity index is 1.57. The Morgan fingerprint density at radius 2 is 2.04 bits per heavy atom. The second-order valence-corrected chi connectivity index (χ2v) is 7.21. The lowest BCUT2D eigenvalue weighted by molar-refractivity contribution is 0.0640. The van der Waals surface area contributed by atoms with Crippen molar-refractivity contribution in [3.8, 4) is 11.5 Å². The summed E-state index contributed by atoms with van der Waals surface area (Å²) >= 11 is 0. The number of nitrogens with zero attached hydrogens (tertiary/aromatic N) is 3. The molecule has 1 saturated heterocycles. The standard InChI is InChI=1S/C20H20FN3O3/c1-13-16(8-11-26-13)18(25)24-10-3-9-20(2,12-24)19-22-17(27-23-19)14-4-6-15(21)7-5-14/h4-8,11H,3,9-10,12H2,1-2H3. The Hall–Kier alpha value is -2.96. The fraction of sp³-hybridized carbons (Fsp3) is 0.350. The molecule has 2 aromatic heterocycles. The molecule has 3 aromatic rings. The molecular weight excluding hydrogens is 349 g/mol. The molecule has 0 aliphatic carbocycles. The third kappa shape index (κ3) is 3.25. The van der Waals surface area contributed by atoms with Gasteiger partial charge in [0.1, 0.15) is 11.6 Å². The van der Waals surface area contributed by atoms with E-state index in [0.29, 0.717) is 41.7 Å². The number of aromatic nitrogens is 2. The second kappa shape index (κ2) is 6.64. The van der Waals surface area contributed by atoms with E-state index in [9.17, 15) is 9.18 Å². The van der Waals surface area contributed by atoms with Crippen LogP contribution >= 0.6 is 0 Å². The van der Waals surface area contributed by atoms with Gasteiger partial charge in [0.25, 0.3) is 11.8 Å². The van der Waals surface area contributed by atoms with Gasteiger partial charge in [0, 0.05) is 24.1 Å². The number of benzene rings is 1. The Kier molecular flexibility index (Phi) is 4.30. The summed E-state index contributed by atoms with van der Waals surface area (Å²) in [7, 11) is 0. The summed E-state index contributed by atoms with van der Waals surface area (Å²) in [6, 6.07) is 7.62. The van der Waals surface area contributed by atoms with E-state index in [1.54, 1.807) is 25.1 Å². The van der Waals surface area contributed by atoms with E-state index in [-0.39, 0.29) is 11.7 Å². The largest absolute Gasteiger partial charge is 0.469 e. The molecule has 4 rings (SSSR count). The number of halogens is 1. The van der Waals surface area contributed by atoms with Crippen LogP contribution in [0.5, 0.6) is 0 Å². The van der Waals surface area contributed by atoms with Crippen molar-refractivity contribution in [2.75, 3.05) is 13.1 Å². The number of amides is 1. The lowest BCUT2D eigenvalue weighted by atomic mass is 9.81. The fourth-order valence-electron chi connectivity index (χ4n) is 3.55. The number of furan rings is 1. The summed E-state index contributed by atoms with van der Waals surface area (Å²) in [5.41, 5.74) is 0.837. The zero-order valence-corrected chi connectivity index (χ0v) is 15.2. The van der Waals surface area contributed by atoms with Gasteiger partial charge in [-0.05, 0) is 50.1 Å². The van der Waals surface area contributed by atoms with Gasteiger partial charge in [-0.3, -0.25) is 4.79 Å². The lowest BCUT2D eigenvalue weighted by Crippen LogP contribution is -2.47. The number of carbonyl (C=O) groups excluding carboxylic acids is 1. The first-order valence-electron chi connectivity index (χ1n) is 8.90. The predicted octanol–water partition coefficient (Wildman–Crippen LogP) is 3.97. The van der Waals surface area contributed by atoms with E-state index < -0.39 is 5.41 Å². The zero-order chi connectivity index (χ0) is 19.0. The van der Waals surface area contributed by atoms with Gasteiger partial charge in [-0.1, -0.05) is 12.1 Å². The first kappa shape index (κ1) is 17.5. The Morgan fingerprint density at radius 1 is 1.26 bits per heavy atom. The van der Waals surface area contributed by atoms with Gasteiger partial charge in [0.15, 0.2) is 5.82 Å². The van der Waals surface area contributed by atoms with Crippen molar-refractivity contribution < 1.29 is 18.1 Å². The van der Waals surface area contributed by atoms with E-state index >= 15 is 0 Å². The van der Waals surface area contributed by atoms with Crippen LogP contribution in [0.15, 0.2) is 45.5 Å². The van der Waals surface area contributed by atoms with Crippen LogP contribution in [0.3, 0.4) is 0 Å². The molecule has 1 amide bonds. The number of aryl methyl sites for hydroxylation is 1. The molecule has 27 heavy (non-hydrogen) atoms. The normalized spacial score (nSPS) is 20.0. The van der Waals surface area contributed by atoms with E-state index in [1.165, 1.54) is 18.4 Å². The van der Waals surface area contributed by atoms with Gasteiger partial charge < -0.3 is 13.8 Å². The molecule has 0 N–H and O–H groups in total. The fourth-order valence-corrected chi connectivity index (χ4v) is 3.55. The molecule has 0 bridgehead atoms. The molecule has 1 aliphatic heterocycles. The third-order valence-electron chi connectivity index (χ3n) is 5.13. The molecule has 1 aromatic carbocycles. The van der Waals surface area contributed by atoms with E-state index in [4.69, 9.17) is 8.94 Å². The molecule has 0 spiro atoms. The Morgan fingerprint density at radius 3 is 2.74 bits per heavy atom. The Bertz CT molecular complexity index is 963. The highest BCUT2D eigenvalue weighted by Crippen LogP contribution is 2.34. The number of likely N-dealkylation sites (tertiary alicyclic amines) is 1. The molecule has 3 heterocycles. The first-order valence-corrected chi connectivity index (χ1v) is 8.90. The highest BCUT2D eigenvalue weighted by molar-refractivity contribution is 5.95. The lowest BCUT2D eigenvalue weighted by Gasteiger charge is -2.38. The highest BCUT2D eigenvalue weighted by Gasteiger charge is 2.39. The van der Waals surface area contributed by atoms with Crippen LogP contribution in [0.2, 0.25) is 0 Å². The molecule has 1 aliphatic rings. The van der Waals surface area contributed by atoms with Crippen molar-refractivity contribution in [3.63, 3.8) is 0 Å². The summed E-state index contributed by atoms with van der Waals surface area (Å²) in [5.74, 6) is 1.16. The molecule has 1 fully saturated rings. The minimum absolute atomic E-state index is 0.0468. The monoisotopic (exact) mass is 369 g/mol. The highest BCUT2D eigenvalue weighted by atomic mass is 19.1. The molecule has 0 saturated carbocycles. The van der Waals surface area contributed by atoms with Crippen LogP contribution in [0.1, 0.15) is 41.7 Å². The first-order chi connectivity index (χ1) is 13.0. The van der Waals surface area contributed by atoms with Gasteiger partial charge in [-0.2, -0.15) is 4.98 Å². The summed E-state index contributed by atoms with van der Waals surface area (Å²) in [6.07, 6.45) is 3.23. The van der Waals surface area contributed by atoms with Crippen molar-refractivity contribution in [1.82, 2.24) is 15.0 Å². The van der Waals surface area contributed by atoms with E-state index in [0.717, 1.165) is 12.8 Å². The average molecular weight is 369 g/mol. The predicted molar refractivity (Wildman–Crippen MR) is 95.6 cm³/mol. The van der Waals surface area contributed by atoms with Crippen LogP contribution in [-0.2, 0) is 5.41 Å². The summed E-state index contributed by atoms with van der Waals surface area (Å²) in [5, 5.41) is 4.15. The van der Waals surface area contributed by atoms with Gasteiger partial charge in [0.2, 0.25) is 0 Å². The average Bonchev–Trinajstić information content (AvgIpc) is 3.31. The van der Waals surface area contributed by atoms with E-state index in [1.807, 2.05) is 11.8 Å². The van der Waals surface area contributed by atoms with Crippen molar-refractivity contribution >= 4 is 5.91 Å². The van der Waals surface area contributed by atoms with Crippen molar-refractivity contribution in [2.45, 2.75) is 32.1 Å². The van der Waals surface area contributed by atoms with Crippen LogP contribution in [0, 0.1) is 12.7 Å². The molecular formula is C20H20FN3O3. The maximum Gasteiger partial charge on any atom is 0.257 e. The molecule has 7 heteroatoms. The molecule has 140 valence electrons. The third-order valence-corrected chi connectivity index (χ3v) is 5.13. The maximum atomic E-state index is 13.1. The van der Waals surface area contributed by atoms with Crippen LogP contribution in [0.4, 0.5) is 4.39 Å². The molecule has 1 atom stereocenters. The molecule has 1 unspecified atom stereocenters. The summed E-state index contributed by atoms with van der Waals surface area (Å²) < 4.78 is 23.8. The van der Waals surface area contributed by atoms with Crippen molar-refractivity contribution in [3.05, 3.63) is 59.6 Å². The minimum atomic E-state index is -0.409. The van der Waals surface area contributed by atoms with Crippen LogP contribution in [-0.4, -0.2) is 34.0 Å². The van der Waals surface area contributed by atoms with Gasteiger partial charge in [-0.15, -0.1) is 0 Å². The molecule has 0 radical (unpaired) electrons. The minimum Gasteiger partial charge on any atom is -0.469 e. The maximum absolute atomic E-state index is 13.1. The second-order valence-electron chi connectivity index (χ2n) is 7.21. The van der Waals surface area contributed by atoms with E-state index in [2.05, 4.69) is 10.1 Å². The SMILES string of the molecule is Cc1occc1C(=O)N1CCCC(C)(c2noc(-c3ccc(F)cc3)n2)C1. The van der Waals surface area contributed by atoms with Gasteiger partial charge in [0.05, 0.1) is 11.8 Å². The zero-order valence-electron chi connectivity index (χ0n) is 15.2. The smallest absolute Gasteiger partial charge is 0.257 e. The number of piperidine rings is 1. The summed E-state index contributed by atoms with van der Waals surface area (Å²) in [6.45, 7) is 5.00. The van der Waals surface area contributed by atoms with Crippen molar-refractivity contribution in [1.29, 1.82) is 0 Å². The molecule has 6 nitrogen and oxygen atoms in total. The topological polar surface area (TPSA) is 72.4 Å². The number of rotatable bonds is 3. The van der Waals surface area contributed by atoms with Crippen molar-refractivity contribution in [2.24, 2.45) is 0 Å². The van der Waals surface area contributed by atoms with Crippen LogP contribution < -0.4 is 0 Å². The quantitative estimate of drug-likeness (QED) is 0.698. The summed E-state index contributed by atoms with van der Waals surface area (Å²) in [4.78, 5) is 19.2. The van der Waals surface area contributed by atoms with Gasteiger partial charge in [-0.25, -0.2) is 4.39 Å². The number of carbonyl (C=O) groups is 1. The number of hydrogen-bond acceptors (Lipinski definition) is 5. The van der Waals surface area contributed by atoms with Crippen LogP contribution in [0.25, 0.3) is 11.5 Å². The Labute approximate surface area is 156 Å². The number of hydrogen-bond donors (Lipinski definition) is 0. The van der Waals surface area contributed by atoms with Gasteiger partial charge >= 0.3 is 0 Å².